The van der Waals surface area contributed by atoms with Crippen molar-refractivity contribution in [2.24, 2.45) is 17.8 Å². The maximum atomic E-state index is 12.0. The number of carbonyl (C=O) groups is 3. The molecule has 8 heteroatoms. The summed E-state index contributed by atoms with van der Waals surface area (Å²) in [5.74, 6) is 0.301. The van der Waals surface area contributed by atoms with E-state index in [2.05, 4.69) is 117 Å². The molecule has 0 saturated heterocycles. The summed E-state index contributed by atoms with van der Waals surface area (Å²) in [5.41, 5.74) is 12.6. The Labute approximate surface area is 348 Å². The molecule has 0 aromatic heterocycles. The molecule has 0 radical (unpaired) electrons. The van der Waals surface area contributed by atoms with Crippen LogP contribution in [0.4, 0.5) is 0 Å². The SMILES string of the molecule is C1=CCCC=C1.COC(=O)/C=C/[C@@H](c1ccccc1)C1C=CCC=C1.COC(=O)C(/C=C/c1ccccc1)=[N+]=[N-].COC(=O)C1=CC(c2ccccc2)C2C=CC1CC2. The second-order valence-electron chi connectivity index (χ2n) is 13.9. The normalized spacial score (nSPS) is 19.0. The van der Waals surface area contributed by atoms with Crippen LogP contribution in [-0.4, -0.2) is 49.7 Å². The minimum atomic E-state index is -0.676. The van der Waals surface area contributed by atoms with Crippen molar-refractivity contribution in [3.05, 3.63) is 204 Å². The topological polar surface area (TPSA) is 115 Å². The highest BCUT2D eigenvalue weighted by Gasteiger charge is 2.33. The van der Waals surface area contributed by atoms with Gasteiger partial charge in [-0.15, -0.1) is 0 Å². The molecule has 3 unspecified atom stereocenters. The van der Waals surface area contributed by atoms with E-state index in [4.69, 9.17) is 10.3 Å². The smallest absolute Gasteiger partial charge is 0.421 e. The van der Waals surface area contributed by atoms with E-state index in [-0.39, 0.29) is 35.4 Å². The fourth-order valence-corrected chi connectivity index (χ4v) is 6.97. The second kappa shape index (κ2) is 25.6. The zero-order chi connectivity index (χ0) is 42.1. The minimum Gasteiger partial charge on any atom is -0.466 e. The highest BCUT2D eigenvalue weighted by molar-refractivity contribution is 6.39. The van der Waals surface area contributed by atoms with Crippen LogP contribution in [0.3, 0.4) is 0 Å². The molecule has 8 rings (SSSR count). The Bertz CT molecular complexity index is 2060. The maximum Gasteiger partial charge on any atom is 0.421 e. The lowest BCUT2D eigenvalue weighted by Crippen LogP contribution is -2.14. The average molecular weight is 791 g/mol. The molecular weight excluding hydrogens is 737 g/mol. The highest BCUT2D eigenvalue weighted by Crippen LogP contribution is 2.42. The number of methoxy groups -OCH3 is 3. The lowest BCUT2D eigenvalue weighted by molar-refractivity contribution is -0.137. The van der Waals surface area contributed by atoms with Gasteiger partial charge in [-0.3, -0.25) is 0 Å². The van der Waals surface area contributed by atoms with Gasteiger partial charge in [0, 0.05) is 41.4 Å². The Morgan fingerprint density at radius 2 is 1.34 bits per heavy atom. The number of hydrogen-bond acceptors (Lipinski definition) is 6. The minimum absolute atomic E-state index is 0.138. The van der Waals surface area contributed by atoms with E-state index in [0.29, 0.717) is 11.8 Å². The first-order valence-electron chi connectivity index (χ1n) is 19.9. The standard InChI is InChI=1S/2C17H18O2.C11H10N2O2.C6H8/c1-19-17(18)16-11-15(12-5-3-2-4-6-12)13-7-9-14(16)10-8-13;1-19-17(18)13-12-16(14-8-4-2-5-9-14)15-10-6-3-7-11-15;1-15-11(14)10(13-12)8-7-9-5-3-2-4-6-9;1-2-4-6-5-3-1/h2-7,9,11,13-15H,8,10H2,1H3;2,4-13,15-16H,3H2,1H3;2-8H,1H3;1-4H,5-6H2/b;13-12+;8-7+;/t;16-;;/m.0../s1. The number of benzene rings is 3. The lowest BCUT2D eigenvalue weighted by atomic mass is 9.81. The first-order valence-corrected chi connectivity index (χ1v) is 19.9. The van der Waals surface area contributed by atoms with Gasteiger partial charge in [0.1, 0.15) is 0 Å². The summed E-state index contributed by atoms with van der Waals surface area (Å²) in [6.45, 7) is 0. The number of allylic oxidation sites excluding steroid dienone is 12. The van der Waals surface area contributed by atoms with Crippen molar-refractivity contribution < 1.29 is 33.4 Å². The van der Waals surface area contributed by atoms with Crippen LogP contribution in [0, 0.1) is 17.8 Å². The van der Waals surface area contributed by atoms with Crippen LogP contribution in [0.15, 0.2) is 182 Å². The van der Waals surface area contributed by atoms with Crippen molar-refractivity contribution in [1.29, 1.82) is 0 Å². The largest absolute Gasteiger partial charge is 0.466 e. The fourth-order valence-electron chi connectivity index (χ4n) is 6.97. The summed E-state index contributed by atoms with van der Waals surface area (Å²) >= 11 is 0. The molecule has 0 spiro atoms. The molecule has 3 aromatic carbocycles. The van der Waals surface area contributed by atoms with Crippen molar-refractivity contribution in [3.63, 3.8) is 0 Å². The van der Waals surface area contributed by atoms with Gasteiger partial charge < -0.3 is 19.7 Å². The van der Waals surface area contributed by atoms with Gasteiger partial charge in [-0.05, 0) is 60.8 Å². The van der Waals surface area contributed by atoms with E-state index < -0.39 is 5.97 Å². The van der Waals surface area contributed by atoms with E-state index in [1.165, 1.54) is 57.4 Å². The molecule has 0 fully saturated rings. The number of hydrogen-bond donors (Lipinski definition) is 0. The van der Waals surface area contributed by atoms with Crippen LogP contribution in [0.1, 0.15) is 60.6 Å². The summed E-state index contributed by atoms with van der Waals surface area (Å²) in [4.78, 5) is 37.1. The van der Waals surface area contributed by atoms with Crippen molar-refractivity contribution in [1.82, 2.24) is 0 Å². The second-order valence-corrected chi connectivity index (χ2v) is 13.9. The van der Waals surface area contributed by atoms with Crippen LogP contribution in [0.25, 0.3) is 11.6 Å². The lowest BCUT2D eigenvalue weighted by Gasteiger charge is -2.23. The van der Waals surface area contributed by atoms with Crippen molar-refractivity contribution in [2.75, 3.05) is 21.3 Å². The van der Waals surface area contributed by atoms with Crippen LogP contribution in [0.2, 0.25) is 0 Å². The van der Waals surface area contributed by atoms with Gasteiger partial charge in [-0.2, -0.15) is 4.79 Å². The van der Waals surface area contributed by atoms with Gasteiger partial charge >= 0.3 is 23.6 Å². The van der Waals surface area contributed by atoms with E-state index >= 15 is 0 Å². The van der Waals surface area contributed by atoms with Gasteiger partial charge in [-0.1, -0.05) is 164 Å². The van der Waals surface area contributed by atoms with Crippen LogP contribution < -0.4 is 0 Å². The zero-order valence-electron chi connectivity index (χ0n) is 34.1. The summed E-state index contributed by atoms with van der Waals surface area (Å²) in [5, 5.41) is 0. The summed E-state index contributed by atoms with van der Waals surface area (Å²) in [6, 6.07) is 30.0. The molecule has 0 heterocycles. The molecule has 2 bridgehead atoms. The first-order chi connectivity index (χ1) is 28.9. The molecular formula is C51H54N2O6. The van der Waals surface area contributed by atoms with E-state index in [1.807, 2.05) is 60.7 Å². The molecule has 3 aromatic rings. The van der Waals surface area contributed by atoms with Crippen LogP contribution >= 0.6 is 0 Å². The molecule has 0 N–H and O–H groups in total. The summed E-state index contributed by atoms with van der Waals surface area (Å²) in [7, 11) is 4.08. The maximum absolute atomic E-state index is 12.0. The number of rotatable bonds is 9. The van der Waals surface area contributed by atoms with Gasteiger partial charge in [0.25, 0.3) is 0 Å². The zero-order valence-corrected chi connectivity index (χ0v) is 34.1. The van der Waals surface area contributed by atoms with E-state index in [9.17, 15) is 14.4 Å². The fraction of sp³-hybridized carbons (Fsp3) is 0.255. The monoisotopic (exact) mass is 790 g/mol. The number of esters is 3. The van der Waals surface area contributed by atoms with Crippen molar-refractivity contribution >= 4 is 29.7 Å². The van der Waals surface area contributed by atoms with E-state index in [0.717, 1.165) is 30.4 Å². The Hall–Kier alpha value is -6.63. The number of fused-ring (bicyclic) bond motifs is 2. The van der Waals surface area contributed by atoms with Crippen LogP contribution in [0.5, 0.6) is 0 Å². The molecule has 5 aliphatic rings. The van der Waals surface area contributed by atoms with Gasteiger partial charge in [0.05, 0.1) is 21.3 Å². The molecule has 5 aliphatic carbocycles. The molecule has 0 saturated carbocycles. The summed E-state index contributed by atoms with van der Waals surface area (Å²) < 4.78 is 14.0. The third kappa shape index (κ3) is 15.0. The average Bonchev–Trinajstić information content (AvgIpc) is 3.62. The van der Waals surface area contributed by atoms with Gasteiger partial charge in [0.2, 0.25) is 0 Å². The molecule has 0 amide bonds. The Morgan fingerprint density at radius 1 is 0.712 bits per heavy atom. The predicted molar refractivity (Wildman–Crippen MR) is 235 cm³/mol. The van der Waals surface area contributed by atoms with E-state index in [1.54, 1.807) is 6.08 Å². The highest BCUT2D eigenvalue weighted by atomic mass is 16.5. The van der Waals surface area contributed by atoms with Crippen molar-refractivity contribution in [2.45, 2.75) is 43.9 Å². The van der Waals surface area contributed by atoms with Crippen LogP contribution in [-0.2, 0) is 28.6 Å². The Morgan fingerprint density at radius 3 is 1.86 bits per heavy atom. The first kappa shape index (κ1) is 45.1. The van der Waals surface area contributed by atoms with Gasteiger partial charge in [0.15, 0.2) is 0 Å². The molecule has 59 heavy (non-hydrogen) atoms. The number of ether oxygens (including phenoxy) is 3. The third-order valence-electron chi connectivity index (χ3n) is 10.1. The van der Waals surface area contributed by atoms with Gasteiger partial charge in [-0.25, -0.2) is 14.4 Å². The predicted octanol–water partition coefficient (Wildman–Crippen LogP) is 10.5. The summed E-state index contributed by atoms with van der Waals surface area (Å²) in [6.07, 6.45) is 35.9. The Balaban J connectivity index is 0.000000183. The molecule has 8 nitrogen and oxygen atoms in total. The van der Waals surface area contributed by atoms with Crippen molar-refractivity contribution in [3.8, 4) is 0 Å². The number of nitrogens with zero attached hydrogens (tertiary/aromatic N) is 2. The Kier molecular flexibility index (Phi) is 19.5. The quantitative estimate of drug-likeness (QED) is 0.0405. The molecule has 304 valence electrons. The molecule has 0 aliphatic heterocycles. The number of carbonyl (C=O) groups excluding carboxylic acids is 3. The molecule has 4 atom stereocenters. The third-order valence-corrected chi connectivity index (χ3v) is 10.1.